The summed E-state index contributed by atoms with van der Waals surface area (Å²) < 4.78 is 0. The average molecular weight is 232 g/mol. The molecule has 0 saturated heterocycles. The Balaban J connectivity index is 2.01. The monoisotopic (exact) mass is 231 g/mol. The molecule has 0 atom stereocenters. The molecule has 0 aromatic carbocycles. The fourth-order valence-electron chi connectivity index (χ4n) is 1.77. The van der Waals surface area contributed by atoms with E-state index >= 15 is 0 Å². The van der Waals surface area contributed by atoms with Crippen molar-refractivity contribution in [1.29, 1.82) is 0 Å². The molecule has 0 amide bonds. The zero-order valence-corrected chi connectivity index (χ0v) is 9.50. The Morgan fingerprint density at radius 3 is 2.79 bits per heavy atom. The van der Waals surface area contributed by atoms with Gasteiger partial charge in [-0.3, -0.25) is 0 Å². The zero-order chi connectivity index (χ0) is 9.97. The van der Waals surface area contributed by atoms with Gasteiger partial charge in [-0.25, -0.2) is 4.98 Å². The lowest BCUT2D eigenvalue weighted by molar-refractivity contribution is 0.754. The summed E-state index contributed by atoms with van der Waals surface area (Å²) in [7, 11) is 0. The quantitative estimate of drug-likeness (QED) is 0.841. The molecule has 78 valence electrons. The predicted octanol–water partition coefficient (Wildman–Crippen LogP) is 2.61. The fourth-order valence-corrected chi connectivity index (χ4v) is 2.90. The third kappa shape index (κ3) is 2.19. The van der Waals surface area contributed by atoms with Crippen molar-refractivity contribution >= 4 is 28.1 Å². The maximum absolute atomic E-state index is 5.91. The van der Waals surface area contributed by atoms with Crippen molar-refractivity contribution in [3.8, 4) is 0 Å². The van der Waals surface area contributed by atoms with E-state index in [1.165, 1.54) is 25.7 Å². The van der Waals surface area contributed by atoms with Gasteiger partial charge in [0, 0.05) is 12.6 Å². The second kappa shape index (κ2) is 4.47. The molecule has 0 radical (unpaired) electrons. The first-order chi connectivity index (χ1) is 6.79. The number of nitrogens with one attached hydrogen (secondary N) is 1. The van der Waals surface area contributed by atoms with Gasteiger partial charge in [-0.15, -0.1) is 0 Å². The molecule has 0 bridgehead atoms. The summed E-state index contributed by atoms with van der Waals surface area (Å²) in [5.41, 5.74) is 5.53. The first-order valence-corrected chi connectivity index (χ1v) is 6.11. The Kier molecular flexibility index (Phi) is 3.26. The van der Waals surface area contributed by atoms with Gasteiger partial charge in [0.05, 0.1) is 4.88 Å². The fraction of sp³-hybridized carbons (Fsp3) is 0.667. The molecular formula is C9H14ClN3S. The van der Waals surface area contributed by atoms with Gasteiger partial charge in [0.25, 0.3) is 0 Å². The number of hydrogen-bond acceptors (Lipinski definition) is 4. The van der Waals surface area contributed by atoms with Crippen molar-refractivity contribution in [1.82, 2.24) is 4.98 Å². The van der Waals surface area contributed by atoms with Crippen molar-refractivity contribution in [3.63, 3.8) is 0 Å². The molecule has 1 aliphatic carbocycles. The van der Waals surface area contributed by atoms with Crippen LogP contribution in [0.4, 0.5) is 5.13 Å². The molecule has 1 aromatic rings. The molecule has 0 aliphatic heterocycles. The third-order valence-corrected chi connectivity index (χ3v) is 3.95. The highest BCUT2D eigenvalue weighted by Gasteiger charge is 2.16. The molecule has 5 heteroatoms. The van der Waals surface area contributed by atoms with Crippen LogP contribution in [-0.2, 0) is 6.54 Å². The van der Waals surface area contributed by atoms with E-state index in [1.807, 2.05) is 0 Å². The summed E-state index contributed by atoms with van der Waals surface area (Å²) in [5, 5.41) is 4.88. The maximum Gasteiger partial charge on any atom is 0.184 e. The molecule has 14 heavy (non-hydrogen) atoms. The van der Waals surface area contributed by atoms with Gasteiger partial charge in [0.2, 0.25) is 0 Å². The number of anilines is 1. The summed E-state index contributed by atoms with van der Waals surface area (Å²) in [5.74, 6) is 0. The van der Waals surface area contributed by atoms with Gasteiger partial charge < -0.3 is 11.1 Å². The Labute approximate surface area is 92.7 Å². The van der Waals surface area contributed by atoms with Gasteiger partial charge in [0.15, 0.2) is 5.13 Å². The smallest absolute Gasteiger partial charge is 0.184 e. The summed E-state index contributed by atoms with van der Waals surface area (Å²) in [4.78, 5) is 5.20. The van der Waals surface area contributed by atoms with Crippen molar-refractivity contribution in [2.24, 2.45) is 5.73 Å². The standard InChI is InChI=1S/C9H14ClN3S/c10-8-7(5-11)14-9(13-8)12-6-3-1-2-4-6/h6H,1-5,11H2,(H,12,13). The Morgan fingerprint density at radius 2 is 2.21 bits per heavy atom. The summed E-state index contributed by atoms with van der Waals surface area (Å²) in [6, 6.07) is 0.586. The second-order valence-electron chi connectivity index (χ2n) is 3.56. The molecule has 1 aromatic heterocycles. The lowest BCUT2D eigenvalue weighted by atomic mass is 10.3. The van der Waals surface area contributed by atoms with Crippen molar-refractivity contribution in [2.75, 3.05) is 5.32 Å². The topological polar surface area (TPSA) is 50.9 Å². The van der Waals surface area contributed by atoms with Crippen LogP contribution >= 0.6 is 22.9 Å². The van der Waals surface area contributed by atoms with E-state index in [1.54, 1.807) is 11.3 Å². The SMILES string of the molecule is NCc1sc(NC2CCCC2)nc1Cl. The first kappa shape index (κ1) is 10.2. The lowest BCUT2D eigenvalue weighted by Gasteiger charge is -2.09. The number of thiazole rings is 1. The van der Waals surface area contributed by atoms with Gasteiger partial charge in [-0.1, -0.05) is 35.8 Å². The zero-order valence-electron chi connectivity index (χ0n) is 7.92. The molecule has 1 heterocycles. The average Bonchev–Trinajstić information content (AvgIpc) is 2.76. The van der Waals surface area contributed by atoms with Crippen molar-refractivity contribution in [3.05, 3.63) is 10.0 Å². The summed E-state index contributed by atoms with van der Waals surface area (Å²) >= 11 is 7.48. The molecule has 1 saturated carbocycles. The van der Waals surface area contributed by atoms with E-state index in [2.05, 4.69) is 10.3 Å². The van der Waals surface area contributed by atoms with Crippen molar-refractivity contribution < 1.29 is 0 Å². The minimum Gasteiger partial charge on any atom is -0.359 e. The number of nitrogens with two attached hydrogens (primary N) is 1. The Bertz CT molecular complexity index is 307. The van der Waals surface area contributed by atoms with Crippen LogP contribution < -0.4 is 11.1 Å². The number of halogens is 1. The van der Waals surface area contributed by atoms with E-state index in [-0.39, 0.29) is 0 Å². The van der Waals surface area contributed by atoms with Crippen LogP contribution in [0.15, 0.2) is 0 Å². The number of nitrogens with zero attached hydrogens (tertiary/aromatic N) is 1. The first-order valence-electron chi connectivity index (χ1n) is 4.91. The van der Waals surface area contributed by atoms with Gasteiger partial charge in [-0.2, -0.15) is 0 Å². The minimum absolute atomic E-state index is 0.475. The van der Waals surface area contributed by atoms with Gasteiger partial charge in [0.1, 0.15) is 5.15 Å². The minimum atomic E-state index is 0.475. The van der Waals surface area contributed by atoms with Crippen LogP contribution in [0.5, 0.6) is 0 Å². The highest BCUT2D eigenvalue weighted by Crippen LogP contribution is 2.29. The van der Waals surface area contributed by atoms with E-state index in [0.29, 0.717) is 17.7 Å². The molecule has 3 nitrogen and oxygen atoms in total. The molecular weight excluding hydrogens is 218 g/mol. The lowest BCUT2D eigenvalue weighted by Crippen LogP contribution is -2.13. The molecule has 0 unspecified atom stereocenters. The maximum atomic E-state index is 5.91. The van der Waals surface area contributed by atoms with E-state index < -0.39 is 0 Å². The largest absolute Gasteiger partial charge is 0.359 e. The Hall–Kier alpha value is -0.320. The van der Waals surface area contributed by atoms with Crippen LogP contribution in [0, 0.1) is 0 Å². The Morgan fingerprint density at radius 1 is 1.50 bits per heavy atom. The number of rotatable bonds is 3. The molecule has 1 aliphatic rings. The van der Waals surface area contributed by atoms with E-state index in [0.717, 1.165) is 10.0 Å². The highest BCUT2D eigenvalue weighted by atomic mass is 35.5. The van der Waals surface area contributed by atoms with Crippen molar-refractivity contribution in [2.45, 2.75) is 38.3 Å². The second-order valence-corrected chi connectivity index (χ2v) is 5.00. The number of aromatic nitrogens is 1. The predicted molar refractivity (Wildman–Crippen MR) is 60.9 cm³/mol. The molecule has 2 rings (SSSR count). The van der Waals surface area contributed by atoms with Crippen LogP contribution in [0.2, 0.25) is 5.15 Å². The highest BCUT2D eigenvalue weighted by molar-refractivity contribution is 7.16. The van der Waals surface area contributed by atoms with Gasteiger partial charge in [-0.05, 0) is 12.8 Å². The molecule has 3 N–H and O–H groups in total. The summed E-state index contributed by atoms with van der Waals surface area (Å²) in [6.45, 7) is 0.475. The normalized spacial score (nSPS) is 17.6. The van der Waals surface area contributed by atoms with Crippen LogP contribution in [0.25, 0.3) is 0 Å². The van der Waals surface area contributed by atoms with Crippen LogP contribution in [0.1, 0.15) is 30.6 Å². The van der Waals surface area contributed by atoms with Gasteiger partial charge >= 0.3 is 0 Å². The van der Waals surface area contributed by atoms with Crippen LogP contribution in [0.3, 0.4) is 0 Å². The van der Waals surface area contributed by atoms with E-state index in [9.17, 15) is 0 Å². The molecule has 1 fully saturated rings. The van der Waals surface area contributed by atoms with Crippen LogP contribution in [-0.4, -0.2) is 11.0 Å². The third-order valence-electron chi connectivity index (χ3n) is 2.52. The summed E-state index contributed by atoms with van der Waals surface area (Å²) in [6.07, 6.45) is 5.13. The number of hydrogen-bond donors (Lipinski definition) is 2. The van der Waals surface area contributed by atoms with E-state index in [4.69, 9.17) is 17.3 Å². The molecule has 0 spiro atoms.